The van der Waals surface area contributed by atoms with Crippen molar-refractivity contribution in [3.8, 4) is 11.4 Å². The zero-order valence-electron chi connectivity index (χ0n) is 19.9. The van der Waals surface area contributed by atoms with Crippen LogP contribution in [0.2, 0.25) is 0 Å². The van der Waals surface area contributed by atoms with Crippen molar-refractivity contribution in [2.24, 2.45) is 5.41 Å². The molecule has 2 heterocycles. The van der Waals surface area contributed by atoms with Crippen molar-refractivity contribution >= 4 is 22.8 Å². The molecule has 1 saturated heterocycles. The standard InChI is InChI=1S/C26H30F2N4O2/c1-16-9-10-20-21(13-16)30-23(19-8-6-5-7-18(19)22(27)28)31-24(20)32-12-11-17(14-32)29-25(33)34-15-26(2,3)4/h5-10,13,17,22H,11-12,14-15H2,1-4H3,(H,29,33)/t17-/m1/s1. The quantitative estimate of drug-likeness (QED) is 0.505. The van der Waals surface area contributed by atoms with Crippen molar-refractivity contribution in [3.63, 3.8) is 0 Å². The average molecular weight is 469 g/mol. The van der Waals surface area contributed by atoms with E-state index in [4.69, 9.17) is 9.72 Å². The Labute approximate surface area is 198 Å². The Morgan fingerprint density at radius 3 is 2.71 bits per heavy atom. The maximum atomic E-state index is 13.7. The summed E-state index contributed by atoms with van der Waals surface area (Å²) < 4.78 is 32.7. The van der Waals surface area contributed by atoms with Crippen LogP contribution in [0.15, 0.2) is 42.5 Å². The first-order chi connectivity index (χ1) is 16.1. The first kappa shape index (κ1) is 23.9. The monoisotopic (exact) mass is 468 g/mol. The number of hydrogen-bond acceptors (Lipinski definition) is 5. The highest BCUT2D eigenvalue weighted by molar-refractivity contribution is 5.92. The number of fused-ring (bicyclic) bond motifs is 1. The van der Waals surface area contributed by atoms with E-state index >= 15 is 0 Å². The zero-order valence-corrected chi connectivity index (χ0v) is 19.9. The van der Waals surface area contributed by atoms with E-state index in [1.165, 1.54) is 6.07 Å². The number of aromatic nitrogens is 2. The largest absolute Gasteiger partial charge is 0.449 e. The van der Waals surface area contributed by atoms with Gasteiger partial charge in [-0.05, 0) is 36.5 Å². The molecule has 1 aliphatic heterocycles. The second-order valence-corrected chi connectivity index (χ2v) is 9.99. The minimum absolute atomic E-state index is 0.0944. The van der Waals surface area contributed by atoms with Gasteiger partial charge in [0.2, 0.25) is 0 Å². The molecule has 180 valence electrons. The molecule has 0 unspecified atom stereocenters. The van der Waals surface area contributed by atoms with Gasteiger partial charge in [0, 0.05) is 29.6 Å². The van der Waals surface area contributed by atoms with Gasteiger partial charge in [0.15, 0.2) is 5.82 Å². The summed E-state index contributed by atoms with van der Waals surface area (Å²) >= 11 is 0. The van der Waals surface area contributed by atoms with Crippen LogP contribution in [0, 0.1) is 12.3 Å². The van der Waals surface area contributed by atoms with Crippen LogP contribution in [-0.4, -0.2) is 41.8 Å². The Morgan fingerprint density at radius 2 is 1.97 bits per heavy atom. The number of hydrogen-bond donors (Lipinski definition) is 1. The fourth-order valence-corrected chi connectivity index (χ4v) is 4.04. The zero-order chi connectivity index (χ0) is 24.5. The lowest BCUT2D eigenvalue weighted by atomic mass is 9.99. The van der Waals surface area contributed by atoms with E-state index in [0.717, 1.165) is 17.4 Å². The highest BCUT2D eigenvalue weighted by atomic mass is 19.3. The van der Waals surface area contributed by atoms with Gasteiger partial charge < -0.3 is 15.0 Å². The number of anilines is 1. The lowest BCUT2D eigenvalue weighted by molar-refractivity contribution is 0.104. The third kappa shape index (κ3) is 5.43. The molecule has 0 bridgehead atoms. The van der Waals surface area contributed by atoms with Crippen molar-refractivity contribution in [2.75, 3.05) is 24.6 Å². The molecule has 1 N–H and O–H groups in total. The maximum Gasteiger partial charge on any atom is 0.407 e. The molecule has 8 heteroatoms. The summed E-state index contributed by atoms with van der Waals surface area (Å²) in [5, 5.41) is 3.78. The third-order valence-corrected chi connectivity index (χ3v) is 5.72. The number of alkyl halides is 2. The van der Waals surface area contributed by atoms with E-state index in [1.807, 2.05) is 45.9 Å². The predicted octanol–water partition coefficient (Wildman–Crippen LogP) is 5.89. The Hall–Kier alpha value is -3.29. The number of carbonyl (C=O) groups excluding carboxylic acids is 1. The normalized spacial score (nSPS) is 16.3. The van der Waals surface area contributed by atoms with E-state index in [-0.39, 0.29) is 22.8 Å². The van der Waals surface area contributed by atoms with Crippen molar-refractivity contribution in [1.29, 1.82) is 0 Å². The van der Waals surface area contributed by atoms with Crippen LogP contribution in [-0.2, 0) is 4.74 Å². The molecular weight excluding hydrogens is 438 g/mol. The van der Waals surface area contributed by atoms with Gasteiger partial charge in [-0.3, -0.25) is 0 Å². The number of rotatable bonds is 5. The van der Waals surface area contributed by atoms with Crippen LogP contribution in [0.1, 0.15) is 44.7 Å². The molecule has 2 aromatic carbocycles. The second-order valence-electron chi connectivity index (χ2n) is 9.99. The number of nitrogens with one attached hydrogen (secondary N) is 1. The number of carbonyl (C=O) groups is 1. The number of nitrogens with zero attached hydrogens (tertiary/aromatic N) is 3. The molecule has 1 fully saturated rings. The van der Waals surface area contributed by atoms with Gasteiger partial charge in [-0.1, -0.05) is 51.1 Å². The third-order valence-electron chi connectivity index (χ3n) is 5.72. The molecule has 4 rings (SSSR count). The van der Waals surface area contributed by atoms with Crippen molar-refractivity contribution < 1.29 is 18.3 Å². The topological polar surface area (TPSA) is 67.4 Å². The van der Waals surface area contributed by atoms with Crippen molar-refractivity contribution in [2.45, 2.75) is 46.6 Å². The molecule has 1 amide bonds. The van der Waals surface area contributed by atoms with E-state index in [1.54, 1.807) is 18.2 Å². The lowest BCUT2D eigenvalue weighted by Gasteiger charge is -2.22. The number of halogens is 2. The van der Waals surface area contributed by atoms with E-state index in [0.29, 0.717) is 36.6 Å². The van der Waals surface area contributed by atoms with E-state index in [2.05, 4.69) is 15.2 Å². The predicted molar refractivity (Wildman–Crippen MR) is 129 cm³/mol. The van der Waals surface area contributed by atoms with E-state index in [9.17, 15) is 13.6 Å². The molecule has 1 atom stereocenters. The van der Waals surface area contributed by atoms with Crippen molar-refractivity contribution in [3.05, 3.63) is 53.6 Å². The highest BCUT2D eigenvalue weighted by Crippen LogP contribution is 2.34. The van der Waals surface area contributed by atoms with Gasteiger partial charge in [0.05, 0.1) is 18.2 Å². The second kappa shape index (κ2) is 9.52. The molecule has 34 heavy (non-hydrogen) atoms. The van der Waals surface area contributed by atoms with Gasteiger partial charge in [0.1, 0.15) is 5.82 Å². The number of aryl methyl sites for hydroxylation is 1. The number of amides is 1. The minimum Gasteiger partial charge on any atom is -0.449 e. The van der Waals surface area contributed by atoms with Crippen LogP contribution in [0.25, 0.3) is 22.3 Å². The van der Waals surface area contributed by atoms with Crippen LogP contribution < -0.4 is 10.2 Å². The van der Waals surface area contributed by atoms with Crippen LogP contribution >= 0.6 is 0 Å². The molecular formula is C26H30F2N4O2. The molecule has 0 radical (unpaired) electrons. The van der Waals surface area contributed by atoms with Gasteiger partial charge in [0.25, 0.3) is 6.43 Å². The summed E-state index contributed by atoms with van der Waals surface area (Å²) in [4.78, 5) is 23.7. The highest BCUT2D eigenvalue weighted by Gasteiger charge is 2.28. The Kier molecular flexibility index (Phi) is 6.68. The summed E-state index contributed by atoms with van der Waals surface area (Å²) in [5.74, 6) is 0.946. The van der Waals surface area contributed by atoms with Gasteiger partial charge in [-0.15, -0.1) is 0 Å². The van der Waals surface area contributed by atoms with Gasteiger partial charge >= 0.3 is 6.09 Å². The maximum absolute atomic E-state index is 13.7. The summed E-state index contributed by atoms with van der Waals surface area (Å²) in [7, 11) is 0. The van der Waals surface area contributed by atoms with Crippen molar-refractivity contribution in [1.82, 2.24) is 15.3 Å². The Morgan fingerprint density at radius 1 is 1.21 bits per heavy atom. The smallest absolute Gasteiger partial charge is 0.407 e. The van der Waals surface area contributed by atoms with E-state index < -0.39 is 12.5 Å². The van der Waals surface area contributed by atoms with Gasteiger partial charge in [-0.2, -0.15) is 0 Å². The Balaban J connectivity index is 1.63. The Bertz CT molecular complexity index is 1190. The molecule has 3 aromatic rings. The van der Waals surface area contributed by atoms with Gasteiger partial charge in [-0.25, -0.2) is 23.5 Å². The number of alkyl carbamates (subject to hydrolysis) is 1. The molecule has 0 saturated carbocycles. The fourth-order valence-electron chi connectivity index (χ4n) is 4.04. The number of ether oxygens (including phenoxy) is 1. The fraction of sp³-hybridized carbons (Fsp3) is 0.423. The van der Waals surface area contributed by atoms with Crippen LogP contribution in [0.5, 0.6) is 0 Å². The summed E-state index contributed by atoms with van der Waals surface area (Å²) in [6, 6.07) is 12.1. The van der Waals surface area contributed by atoms with Crippen LogP contribution in [0.4, 0.5) is 19.4 Å². The molecule has 6 nitrogen and oxygen atoms in total. The summed E-state index contributed by atoms with van der Waals surface area (Å²) in [6.07, 6.45) is -2.34. The molecule has 0 spiro atoms. The molecule has 0 aliphatic carbocycles. The summed E-state index contributed by atoms with van der Waals surface area (Å²) in [6.45, 7) is 9.52. The van der Waals surface area contributed by atoms with Crippen LogP contribution in [0.3, 0.4) is 0 Å². The molecule has 1 aromatic heterocycles. The molecule has 1 aliphatic rings. The number of benzene rings is 2. The summed E-state index contributed by atoms with van der Waals surface area (Å²) in [5.41, 5.74) is 1.84. The first-order valence-electron chi connectivity index (χ1n) is 11.4. The first-order valence-corrected chi connectivity index (χ1v) is 11.4. The lowest BCUT2D eigenvalue weighted by Crippen LogP contribution is -2.38. The minimum atomic E-state index is -2.63. The SMILES string of the molecule is Cc1ccc2c(N3CC[C@@H](NC(=O)OCC(C)(C)C)C3)nc(-c3ccccc3C(F)F)nc2c1. The average Bonchev–Trinajstić information content (AvgIpc) is 3.24.